The van der Waals surface area contributed by atoms with Crippen LogP contribution in [0.15, 0.2) is 48.8 Å². The van der Waals surface area contributed by atoms with E-state index in [-0.39, 0.29) is 0 Å². The first-order valence-corrected chi connectivity index (χ1v) is 7.51. The smallest absolute Gasteiger partial charge is 0.0406 e. The molecule has 1 N–H and O–H groups in total. The van der Waals surface area contributed by atoms with Crippen LogP contribution in [0.1, 0.15) is 42.9 Å². The van der Waals surface area contributed by atoms with Gasteiger partial charge in [0.2, 0.25) is 0 Å². The van der Waals surface area contributed by atoms with Crippen molar-refractivity contribution in [3.8, 4) is 0 Å². The van der Waals surface area contributed by atoms with Gasteiger partial charge in [-0.25, -0.2) is 0 Å². The summed E-state index contributed by atoms with van der Waals surface area (Å²) >= 11 is 5.93. The third kappa shape index (κ3) is 3.02. The van der Waals surface area contributed by atoms with Crippen LogP contribution in [0.25, 0.3) is 0 Å². The lowest BCUT2D eigenvalue weighted by Crippen LogP contribution is -2.41. The second-order valence-electron chi connectivity index (χ2n) is 5.59. The molecule has 0 amide bonds. The highest BCUT2D eigenvalue weighted by molar-refractivity contribution is 6.30. The number of nitrogens with zero attached hydrogens (tertiary/aromatic N) is 1. The topological polar surface area (TPSA) is 24.9 Å². The summed E-state index contributed by atoms with van der Waals surface area (Å²) in [6, 6.07) is 13.4. The normalized spacial score (nSPS) is 23.1. The Morgan fingerprint density at radius 2 is 1.75 bits per heavy atom. The number of rotatable bonds is 4. The van der Waals surface area contributed by atoms with E-state index in [4.69, 9.17) is 11.6 Å². The first kappa shape index (κ1) is 13.6. The Labute approximate surface area is 125 Å². The minimum absolute atomic E-state index is 0.383. The van der Waals surface area contributed by atoms with Gasteiger partial charge < -0.3 is 5.32 Å². The van der Waals surface area contributed by atoms with Gasteiger partial charge in [0.05, 0.1) is 0 Å². The van der Waals surface area contributed by atoms with E-state index in [1.54, 1.807) is 0 Å². The number of hydrogen-bond acceptors (Lipinski definition) is 2. The van der Waals surface area contributed by atoms with E-state index in [0.29, 0.717) is 18.0 Å². The quantitative estimate of drug-likeness (QED) is 0.905. The second-order valence-corrected chi connectivity index (χ2v) is 6.02. The van der Waals surface area contributed by atoms with Crippen molar-refractivity contribution in [1.29, 1.82) is 0 Å². The molecule has 2 aromatic rings. The Bertz CT molecular complexity index is 547. The summed E-state index contributed by atoms with van der Waals surface area (Å²) in [6.07, 6.45) is 6.11. The Morgan fingerprint density at radius 3 is 2.40 bits per heavy atom. The summed E-state index contributed by atoms with van der Waals surface area (Å²) in [7, 11) is 0. The predicted molar refractivity (Wildman–Crippen MR) is 83.0 cm³/mol. The van der Waals surface area contributed by atoms with Crippen LogP contribution in [0.3, 0.4) is 0 Å². The molecule has 1 aromatic heterocycles. The van der Waals surface area contributed by atoms with Crippen LogP contribution in [0.2, 0.25) is 5.02 Å². The van der Waals surface area contributed by atoms with Crippen LogP contribution in [0, 0.1) is 0 Å². The van der Waals surface area contributed by atoms with E-state index in [1.807, 2.05) is 24.5 Å². The molecule has 1 aromatic carbocycles. The molecule has 0 bridgehead atoms. The lowest BCUT2D eigenvalue weighted by atomic mass is 9.75. The molecule has 0 aliphatic heterocycles. The lowest BCUT2D eigenvalue weighted by molar-refractivity contribution is 0.271. The number of halogens is 1. The van der Waals surface area contributed by atoms with Crippen molar-refractivity contribution < 1.29 is 0 Å². The molecule has 2 nitrogen and oxygen atoms in total. The van der Waals surface area contributed by atoms with E-state index in [2.05, 4.69) is 41.5 Å². The van der Waals surface area contributed by atoms with Crippen molar-refractivity contribution in [2.24, 2.45) is 0 Å². The molecule has 1 aliphatic carbocycles. The van der Waals surface area contributed by atoms with Crippen molar-refractivity contribution in [3.05, 3.63) is 64.9 Å². The van der Waals surface area contributed by atoms with Crippen molar-refractivity contribution in [2.45, 2.75) is 37.8 Å². The standard InChI is InChI=1S/C17H19ClN2/c1-12(13-6-8-19-9-7-13)20-17-10-15(11-17)14-2-4-16(18)5-3-14/h2-9,12,15,17,20H,10-11H2,1H3/t12-,15?,17?/m1/s1. The summed E-state index contributed by atoms with van der Waals surface area (Å²) in [4.78, 5) is 4.06. The molecule has 3 heteroatoms. The van der Waals surface area contributed by atoms with Crippen LogP contribution in [0.4, 0.5) is 0 Å². The summed E-state index contributed by atoms with van der Waals surface area (Å²) in [5, 5.41) is 4.50. The summed E-state index contributed by atoms with van der Waals surface area (Å²) in [5.74, 6) is 0.675. The first-order chi connectivity index (χ1) is 9.72. The van der Waals surface area contributed by atoms with Gasteiger partial charge >= 0.3 is 0 Å². The molecule has 20 heavy (non-hydrogen) atoms. The Hall–Kier alpha value is -1.38. The van der Waals surface area contributed by atoms with Crippen molar-refractivity contribution in [3.63, 3.8) is 0 Å². The van der Waals surface area contributed by atoms with Crippen molar-refractivity contribution in [2.75, 3.05) is 0 Å². The number of hydrogen-bond donors (Lipinski definition) is 1. The minimum atomic E-state index is 0.383. The highest BCUT2D eigenvalue weighted by Gasteiger charge is 2.30. The van der Waals surface area contributed by atoms with Crippen LogP contribution >= 0.6 is 11.6 Å². The molecular weight excluding hydrogens is 268 g/mol. The maximum absolute atomic E-state index is 5.93. The summed E-state index contributed by atoms with van der Waals surface area (Å²) < 4.78 is 0. The zero-order chi connectivity index (χ0) is 13.9. The van der Waals surface area contributed by atoms with Gasteiger partial charge in [-0.1, -0.05) is 23.7 Å². The fourth-order valence-corrected chi connectivity index (χ4v) is 2.99. The van der Waals surface area contributed by atoms with Crippen LogP contribution in [-0.4, -0.2) is 11.0 Å². The third-order valence-corrected chi connectivity index (χ3v) is 4.42. The number of pyridine rings is 1. The van der Waals surface area contributed by atoms with E-state index in [0.717, 1.165) is 5.02 Å². The van der Waals surface area contributed by atoms with Crippen LogP contribution in [-0.2, 0) is 0 Å². The molecule has 1 fully saturated rings. The molecule has 1 saturated carbocycles. The van der Waals surface area contributed by atoms with Gasteiger partial charge in [-0.3, -0.25) is 4.98 Å². The van der Waals surface area contributed by atoms with Gasteiger partial charge in [0.25, 0.3) is 0 Å². The van der Waals surface area contributed by atoms with Crippen LogP contribution < -0.4 is 5.32 Å². The first-order valence-electron chi connectivity index (χ1n) is 7.14. The average Bonchev–Trinajstić information content (AvgIpc) is 2.44. The summed E-state index contributed by atoms with van der Waals surface area (Å²) in [5.41, 5.74) is 2.71. The maximum Gasteiger partial charge on any atom is 0.0406 e. The average molecular weight is 287 g/mol. The monoisotopic (exact) mass is 286 g/mol. The Morgan fingerprint density at radius 1 is 1.10 bits per heavy atom. The molecule has 3 rings (SSSR count). The van der Waals surface area contributed by atoms with Crippen molar-refractivity contribution >= 4 is 11.6 Å². The van der Waals surface area contributed by atoms with Gasteiger partial charge in [0.1, 0.15) is 0 Å². The Kier molecular flexibility index (Phi) is 4.04. The van der Waals surface area contributed by atoms with Crippen molar-refractivity contribution in [1.82, 2.24) is 10.3 Å². The predicted octanol–water partition coefficient (Wildman–Crippen LogP) is 4.33. The second kappa shape index (κ2) is 5.94. The van der Waals surface area contributed by atoms with E-state index >= 15 is 0 Å². The molecule has 0 saturated heterocycles. The summed E-state index contributed by atoms with van der Waals surface area (Å²) in [6.45, 7) is 2.21. The zero-order valence-electron chi connectivity index (χ0n) is 11.6. The fraction of sp³-hybridized carbons (Fsp3) is 0.353. The number of nitrogens with one attached hydrogen (secondary N) is 1. The van der Waals surface area contributed by atoms with Gasteiger partial charge in [0, 0.05) is 29.5 Å². The molecule has 1 atom stereocenters. The number of benzene rings is 1. The molecule has 1 aliphatic rings. The number of aromatic nitrogens is 1. The highest BCUT2D eigenvalue weighted by Crippen LogP contribution is 2.38. The molecule has 0 unspecified atom stereocenters. The molecule has 104 valence electrons. The van der Waals surface area contributed by atoms with Gasteiger partial charge in [-0.05, 0) is 61.1 Å². The highest BCUT2D eigenvalue weighted by atomic mass is 35.5. The molecular formula is C17H19ClN2. The van der Waals surface area contributed by atoms with E-state index in [9.17, 15) is 0 Å². The molecule has 0 spiro atoms. The minimum Gasteiger partial charge on any atom is -0.307 e. The van der Waals surface area contributed by atoms with Gasteiger partial charge in [0.15, 0.2) is 0 Å². The zero-order valence-corrected chi connectivity index (χ0v) is 12.3. The molecule has 0 radical (unpaired) electrons. The van der Waals surface area contributed by atoms with Crippen LogP contribution in [0.5, 0.6) is 0 Å². The van der Waals surface area contributed by atoms with E-state index in [1.165, 1.54) is 24.0 Å². The van der Waals surface area contributed by atoms with Gasteiger partial charge in [-0.15, -0.1) is 0 Å². The fourth-order valence-electron chi connectivity index (χ4n) is 2.86. The SMILES string of the molecule is C[C@@H](NC1CC(c2ccc(Cl)cc2)C1)c1ccncc1. The van der Waals surface area contributed by atoms with Gasteiger partial charge in [-0.2, -0.15) is 0 Å². The molecule has 1 heterocycles. The third-order valence-electron chi connectivity index (χ3n) is 4.17. The largest absolute Gasteiger partial charge is 0.307 e. The lowest BCUT2D eigenvalue weighted by Gasteiger charge is -2.38. The Balaban J connectivity index is 1.52. The van der Waals surface area contributed by atoms with E-state index < -0.39 is 0 Å². The maximum atomic E-state index is 5.93.